The van der Waals surface area contributed by atoms with Crippen molar-refractivity contribution < 1.29 is 9.90 Å². The standard InChI is InChI=1S/C19H32N4O2/c1-4-16-7-5-6-8-17(16)13-20-19(25)22(3)14-18(24)15-23-11-9-21(2)10-12-23/h5-8,18,24H,4,9-15H2,1-3H3,(H,20,25). The van der Waals surface area contributed by atoms with Crippen LogP contribution in [0.2, 0.25) is 0 Å². The van der Waals surface area contributed by atoms with Crippen molar-refractivity contribution in [3.63, 3.8) is 0 Å². The molecule has 1 aromatic carbocycles. The van der Waals surface area contributed by atoms with E-state index < -0.39 is 6.10 Å². The van der Waals surface area contributed by atoms with Crippen LogP contribution in [-0.4, -0.2) is 85.3 Å². The summed E-state index contributed by atoms with van der Waals surface area (Å²) in [6.07, 6.45) is 0.424. The zero-order chi connectivity index (χ0) is 18.2. The number of benzene rings is 1. The molecule has 140 valence electrons. The van der Waals surface area contributed by atoms with Crippen LogP contribution in [0.1, 0.15) is 18.1 Å². The van der Waals surface area contributed by atoms with Gasteiger partial charge < -0.3 is 20.2 Å². The highest BCUT2D eigenvalue weighted by molar-refractivity contribution is 5.73. The van der Waals surface area contributed by atoms with Crippen molar-refractivity contribution in [2.75, 3.05) is 53.4 Å². The minimum absolute atomic E-state index is 0.150. The lowest BCUT2D eigenvalue weighted by Crippen LogP contribution is -2.49. The van der Waals surface area contributed by atoms with Crippen molar-refractivity contribution in [2.24, 2.45) is 0 Å². The normalized spacial score (nSPS) is 17.3. The number of amides is 2. The first-order chi connectivity index (χ1) is 12.0. The molecule has 0 saturated carbocycles. The largest absolute Gasteiger partial charge is 0.390 e. The molecule has 0 bridgehead atoms. The van der Waals surface area contributed by atoms with E-state index in [-0.39, 0.29) is 6.03 Å². The fraction of sp³-hybridized carbons (Fsp3) is 0.632. The molecule has 0 aromatic heterocycles. The molecule has 0 radical (unpaired) electrons. The fourth-order valence-electron chi connectivity index (χ4n) is 3.17. The van der Waals surface area contributed by atoms with Gasteiger partial charge in [-0.15, -0.1) is 0 Å². The van der Waals surface area contributed by atoms with Crippen molar-refractivity contribution in [1.29, 1.82) is 0 Å². The molecule has 25 heavy (non-hydrogen) atoms. The van der Waals surface area contributed by atoms with E-state index in [4.69, 9.17) is 0 Å². The number of nitrogens with one attached hydrogen (secondary N) is 1. The van der Waals surface area contributed by atoms with Crippen LogP contribution in [0.4, 0.5) is 4.79 Å². The Kier molecular flexibility index (Phi) is 7.68. The molecule has 6 nitrogen and oxygen atoms in total. The Morgan fingerprint density at radius 2 is 1.88 bits per heavy atom. The van der Waals surface area contributed by atoms with Crippen molar-refractivity contribution in [2.45, 2.75) is 26.0 Å². The van der Waals surface area contributed by atoms with E-state index in [9.17, 15) is 9.90 Å². The lowest BCUT2D eigenvalue weighted by Gasteiger charge is -2.34. The highest BCUT2D eigenvalue weighted by atomic mass is 16.3. The fourth-order valence-corrected chi connectivity index (χ4v) is 3.17. The maximum absolute atomic E-state index is 12.3. The van der Waals surface area contributed by atoms with E-state index in [1.165, 1.54) is 5.56 Å². The van der Waals surface area contributed by atoms with Gasteiger partial charge in [-0.2, -0.15) is 0 Å². The molecule has 1 heterocycles. The van der Waals surface area contributed by atoms with E-state index >= 15 is 0 Å². The maximum Gasteiger partial charge on any atom is 0.317 e. The van der Waals surface area contributed by atoms with Crippen LogP contribution < -0.4 is 5.32 Å². The molecule has 0 spiro atoms. The van der Waals surface area contributed by atoms with Crippen LogP contribution in [0.3, 0.4) is 0 Å². The molecule has 0 aliphatic carbocycles. The molecule has 2 rings (SSSR count). The molecule has 1 aliphatic rings. The minimum atomic E-state index is -0.526. The number of carbonyl (C=O) groups is 1. The van der Waals surface area contributed by atoms with E-state index in [0.29, 0.717) is 19.6 Å². The van der Waals surface area contributed by atoms with Gasteiger partial charge in [0.05, 0.1) is 6.10 Å². The summed E-state index contributed by atoms with van der Waals surface area (Å²) < 4.78 is 0. The van der Waals surface area contributed by atoms with Crippen molar-refractivity contribution in [3.8, 4) is 0 Å². The van der Waals surface area contributed by atoms with Gasteiger partial charge in [-0.3, -0.25) is 4.90 Å². The first kappa shape index (κ1) is 19.7. The minimum Gasteiger partial charge on any atom is -0.390 e. The van der Waals surface area contributed by atoms with Crippen LogP contribution in [0.5, 0.6) is 0 Å². The molecule has 1 fully saturated rings. The third kappa shape index (κ3) is 6.30. The van der Waals surface area contributed by atoms with Crippen molar-refractivity contribution >= 4 is 6.03 Å². The predicted octanol–water partition coefficient (Wildman–Crippen LogP) is 0.999. The summed E-state index contributed by atoms with van der Waals surface area (Å²) in [5.41, 5.74) is 2.39. The van der Waals surface area contributed by atoms with Gasteiger partial charge in [-0.25, -0.2) is 4.79 Å². The monoisotopic (exact) mass is 348 g/mol. The van der Waals surface area contributed by atoms with Gasteiger partial charge in [0.15, 0.2) is 0 Å². The predicted molar refractivity (Wildman–Crippen MR) is 101 cm³/mol. The molecule has 1 aromatic rings. The summed E-state index contributed by atoms with van der Waals surface area (Å²) in [5, 5.41) is 13.2. The molecule has 1 saturated heterocycles. The molecule has 1 aliphatic heterocycles. The van der Waals surface area contributed by atoms with E-state index in [1.54, 1.807) is 11.9 Å². The maximum atomic E-state index is 12.3. The lowest BCUT2D eigenvalue weighted by molar-refractivity contribution is 0.0658. The number of hydrogen-bond donors (Lipinski definition) is 2. The average Bonchev–Trinajstić information content (AvgIpc) is 2.61. The van der Waals surface area contributed by atoms with Gasteiger partial charge in [-0.1, -0.05) is 31.2 Å². The summed E-state index contributed by atoms with van der Waals surface area (Å²) in [6.45, 7) is 7.58. The number of likely N-dealkylation sites (N-methyl/N-ethyl adjacent to an activating group) is 2. The Balaban J connectivity index is 1.74. The second kappa shape index (κ2) is 9.75. The number of aliphatic hydroxyl groups is 1. The lowest BCUT2D eigenvalue weighted by atomic mass is 10.1. The smallest absolute Gasteiger partial charge is 0.317 e. The Morgan fingerprint density at radius 3 is 2.52 bits per heavy atom. The number of aliphatic hydroxyl groups excluding tert-OH is 1. The summed E-state index contributed by atoms with van der Waals surface area (Å²) in [7, 11) is 3.84. The molecular weight excluding hydrogens is 316 g/mol. The van der Waals surface area contributed by atoms with E-state index in [1.807, 2.05) is 18.2 Å². The van der Waals surface area contributed by atoms with Crippen LogP contribution in [-0.2, 0) is 13.0 Å². The number of carbonyl (C=O) groups excluding carboxylic acids is 1. The van der Waals surface area contributed by atoms with Crippen molar-refractivity contribution in [1.82, 2.24) is 20.0 Å². The second-order valence-corrected chi connectivity index (χ2v) is 6.92. The zero-order valence-corrected chi connectivity index (χ0v) is 15.7. The molecule has 2 N–H and O–H groups in total. The third-order valence-corrected chi connectivity index (χ3v) is 4.83. The number of rotatable bonds is 7. The SMILES string of the molecule is CCc1ccccc1CNC(=O)N(C)CC(O)CN1CCN(C)CC1. The highest BCUT2D eigenvalue weighted by Crippen LogP contribution is 2.09. The highest BCUT2D eigenvalue weighted by Gasteiger charge is 2.19. The molecule has 6 heteroatoms. The van der Waals surface area contributed by atoms with Crippen LogP contribution in [0, 0.1) is 0 Å². The quantitative estimate of drug-likeness (QED) is 0.772. The molecule has 2 amide bonds. The number of hydrogen-bond acceptors (Lipinski definition) is 4. The van der Waals surface area contributed by atoms with E-state index in [0.717, 1.165) is 38.2 Å². The average molecular weight is 348 g/mol. The summed E-state index contributed by atoms with van der Waals surface area (Å²) >= 11 is 0. The van der Waals surface area contributed by atoms with Gasteiger partial charge in [-0.05, 0) is 24.6 Å². The Hall–Kier alpha value is -1.63. The number of urea groups is 1. The van der Waals surface area contributed by atoms with Crippen LogP contribution in [0.25, 0.3) is 0 Å². The zero-order valence-electron chi connectivity index (χ0n) is 15.7. The molecule has 1 atom stereocenters. The first-order valence-corrected chi connectivity index (χ1v) is 9.14. The van der Waals surface area contributed by atoms with E-state index in [2.05, 4.69) is 35.2 Å². The van der Waals surface area contributed by atoms with Gasteiger partial charge in [0, 0.05) is 52.9 Å². The number of piperazine rings is 1. The number of aryl methyl sites for hydroxylation is 1. The van der Waals surface area contributed by atoms with Gasteiger partial charge in [0.2, 0.25) is 0 Å². The summed E-state index contributed by atoms with van der Waals surface area (Å²) in [4.78, 5) is 18.4. The van der Waals surface area contributed by atoms with Gasteiger partial charge in [0.25, 0.3) is 0 Å². The topological polar surface area (TPSA) is 59.1 Å². The Morgan fingerprint density at radius 1 is 1.24 bits per heavy atom. The summed E-state index contributed by atoms with van der Waals surface area (Å²) in [6, 6.07) is 7.99. The first-order valence-electron chi connectivity index (χ1n) is 9.14. The Labute approximate surface area is 151 Å². The van der Waals surface area contributed by atoms with Gasteiger partial charge >= 0.3 is 6.03 Å². The Bertz CT molecular complexity index is 544. The van der Waals surface area contributed by atoms with Crippen molar-refractivity contribution in [3.05, 3.63) is 35.4 Å². The second-order valence-electron chi connectivity index (χ2n) is 6.92. The number of β-amino-alcohol motifs (C(OH)–C–C–N with tert-alkyl or cyclic N) is 1. The summed E-state index contributed by atoms with van der Waals surface area (Å²) in [5.74, 6) is 0. The molecular formula is C19H32N4O2. The number of nitrogens with zero attached hydrogens (tertiary/aromatic N) is 3. The molecule has 1 unspecified atom stereocenters. The van der Waals surface area contributed by atoms with Gasteiger partial charge in [0.1, 0.15) is 0 Å². The third-order valence-electron chi connectivity index (χ3n) is 4.83. The van der Waals surface area contributed by atoms with Crippen LogP contribution in [0.15, 0.2) is 24.3 Å². The van der Waals surface area contributed by atoms with Crippen LogP contribution >= 0.6 is 0 Å².